The molecule has 0 saturated carbocycles. The highest BCUT2D eigenvalue weighted by molar-refractivity contribution is 5.92. The predicted octanol–water partition coefficient (Wildman–Crippen LogP) is 3.45. The van der Waals surface area contributed by atoms with Gasteiger partial charge in [-0.3, -0.25) is 14.6 Å². The minimum atomic E-state index is -1.09. The summed E-state index contributed by atoms with van der Waals surface area (Å²) in [6, 6.07) is 10.4. The maximum absolute atomic E-state index is 12.4. The number of aliphatic carboxylic acids is 1. The van der Waals surface area contributed by atoms with Gasteiger partial charge in [-0.15, -0.1) is 0 Å². The topological polar surface area (TPSA) is 125 Å². The maximum Gasteiger partial charge on any atom is 0.326 e. The summed E-state index contributed by atoms with van der Waals surface area (Å²) in [7, 11) is 0. The number of anilines is 4. The van der Waals surface area contributed by atoms with E-state index in [0.717, 1.165) is 34.9 Å². The van der Waals surface area contributed by atoms with Crippen LogP contribution in [0, 0.1) is 0 Å². The van der Waals surface area contributed by atoms with E-state index in [1.54, 1.807) is 18.6 Å². The number of benzene rings is 1. The Hall–Kier alpha value is -4.27. The summed E-state index contributed by atoms with van der Waals surface area (Å²) in [5.41, 5.74) is 0.803. The maximum atomic E-state index is 12.4. The third-order valence-electron chi connectivity index (χ3n) is 6.94. The van der Waals surface area contributed by atoms with Gasteiger partial charge in [0.2, 0.25) is 0 Å². The number of carboxylic acids is 1. The number of rotatable bonds is 8. The third kappa shape index (κ3) is 4.28. The van der Waals surface area contributed by atoms with Crippen LogP contribution in [-0.2, 0) is 11.2 Å². The molecule has 2 aromatic carbocycles. The molecule has 5 rings (SSSR count). The Kier molecular flexibility index (Phi) is 6.13. The van der Waals surface area contributed by atoms with Gasteiger partial charge in [0.25, 0.3) is 10.9 Å². The largest absolute Gasteiger partial charge is 0.480 e. The summed E-state index contributed by atoms with van der Waals surface area (Å²) in [5, 5.41) is 17.9. The van der Waals surface area contributed by atoms with Crippen LogP contribution < -0.4 is 26.4 Å². The first kappa shape index (κ1) is 23.5. The smallest absolute Gasteiger partial charge is 0.326 e. The molecule has 0 amide bonds. The summed E-state index contributed by atoms with van der Waals surface area (Å²) >= 11 is 0. The van der Waals surface area contributed by atoms with Crippen LogP contribution in [0.5, 0.6) is 0 Å². The molecule has 0 radical (unpaired) electrons. The first-order chi connectivity index (χ1) is 17.3. The lowest BCUT2D eigenvalue weighted by Crippen LogP contribution is -2.48. The highest BCUT2D eigenvalue weighted by Crippen LogP contribution is 2.33. The van der Waals surface area contributed by atoms with E-state index in [4.69, 9.17) is 0 Å². The zero-order valence-corrected chi connectivity index (χ0v) is 20.1. The molecule has 1 fully saturated rings. The van der Waals surface area contributed by atoms with E-state index in [2.05, 4.69) is 20.6 Å². The average molecular weight is 486 g/mol. The van der Waals surface area contributed by atoms with E-state index in [-0.39, 0.29) is 24.2 Å². The summed E-state index contributed by atoms with van der Waals surface area (Å²) in [5.74, 6) is -0.414. The van der Waals surface area contributed by atoms with Gasteiger partial charge >= 0.3 is 5.97 Å². The van der Waals surface area contributed by atoms with Crippen LogP contribution in [0.4, 0.5) is 22.9 Å². The van der Waals surface area contributed by atoms with Gasteiger partial charge in [-0.25, -0.2) is 9.78 Å². The van der Waals surface area contributed by atoms with Crippen molar-refractivity contribution in [2.75, 3.05) is 15.5 Å². The quantitative estimate of drug-likeness (QED) is 0.322. The van der Waals surface area contributed by atoms with Crippen molar-refractivity contribution in [3.8, 4) is 0 Å². The van der Waals surface area contributed by atoms with Gasteiger partial charge in [0.15, 0.2) is 0 Å². The number of carbonyl (C=O) groups is 1. The van der Waals surface area contributed by atoms with Crippen LogP contribution >= 0.6 is 0 Å². The molecule has 3 N–H and O–H groups in total. The number of aromatic nitrogens is 2. The van der Waals surface area contributed by atoms with Crippen molar-refractivity contribution in [3.63, 3.8) is 0 Å². The lowest BCUT2D eigenvalue weighted by atomic mass is 10.0. The molecule has 9 heteroatoms. The van der Waals surface area contributed by atoms with Gasteiger partial charge in [0.1, 0.15) is 23.2 Å². The van der Waals surface area contributed by atoms with Crippen LogP contribution in [-0.4, -0.2) is 39.2 Å². The molecule has 0 spiro atoms. The number of nitrogens with zero attached hydrogens (tertiary/aromatic N) is 3. The van der Waals surface area contributed by atoms with Crippen LogP contribution in [0.15, 0.2) is 64.6 Å². The molecule has 9 nitrogen and oxygen atoms in total. The predicted molar refractivity (Wildman–Crippen MR) is 140 cm³/mol. The molecule has 3 atom stereocenters. The molecule has 36 heavy (non-hydrogen) atoms. The molecular formula is C27H27N5O4. The van der Waals surface area contributed by atoms with Gasteiger partial charge in [-0.05, 0) is 61.9 Å². The average Bonchev–Trinajstić information content (AvgIpc) is 3.21. The van der Waals surface area contributed by atoms with E-state index >= 15 is 0 Å². The lowest BCUT2D eigenvalue weighted by Gasteiger charge is -2.32. The minimum absolute atomic E-state index is 0.113. The molecule has 2 unspecified atom stereocenters. The fourth-order valence-corrected chi connectivity index (χ4v) is 4.98. The number of hydrogen-bond acceptors (Lipinski definition) is 8. The number of carboxylic acid groups (broad SMARTS) is 1. The van der Waals surface area contributed by atoms with Crippen molar-refractivity contribution in [2.45, 2.75) is 51.2 Å². The highest BCUT2D eigenvalue weighted by atomic mass is 16.4. The van der Waals surface area contributed by atoms with E-state index in [1.807, 2.05) is 55.1 Å². The monoisotopic (exact) mass is 485 g/mol. The van der Waals surface area contributed by atoms with Crippen molar-refractivity contribution in [2.24, 2.45) is 0 Å². The fraction of sp³-hybridized carbons (Fsp3) is 0.296. The van der Waals surface area contributed by atoms with Gasteiger partial charge in [0.05, 0.1) is 0 Å². The van der Waals surface area contributed by atoms with E-state index in [0.29, 0.717) is 11.5 Å². The van der Waals surface area contributed by atoms with Gasteiger partial charge < -0.3 is 20.6 Å². The molecule has 0 bridgehead atoms. The van der Waals surface area contributed by atoms with Crippen molar-refractivity contribution in [3.05, 3.63) is 81.0 Å². The lowest BCUT2D eigenvalue weighted by molar-refractivity contribution is -0.137. The molecule has 1 aliphatic heterocycles. The Morgan fingerprint density at radius 3 is 2.44 bits per heavy atom. The Labute approximate surface area is 207 Å². The Bertz CT molecular complexity index is 1480. The zero-order valence-electron chi connectivity index (χ0n) is 20.1. The second kappa shape index (κ2) is 9.41. The summed E-state index contributed by atoms with van der Waals surface area (Å²) in [4.78, 5) is 47.3. The number of hydrogen-bond donors (Lipinski definition) is 3. The first-order valence-corrected chi connectivity index (χ1v) is 12.0. The van der Waals surface area contributed by atoms with E-state index < -0.39 is 22.9 Å². The molecule has 2 aromatic heterocycles. The SMILES string of the molecule is CC1CCC(C)N1c1c(N[C@@H](Cc2ccc(Nc3nccc4ccncc34)cc2)C(=O)O)c(=O)c1=O. The van der Waals surface area contributed by atoms with Gasteiger partial charge in [-0.1, -0.05) is 12.1 Å². The minimum Gasteiger partial charge on any atom is -0.480 e. The fourth-order valence-electron chi connectivity index (χ4n) is 4.98. The van der Waals surface area contributed by atoms with Crippen molar-refractivity contribution >= 4 is 39.6 Å². The first-order valence-electron chi connectivity index (χ1n) is 12.0. The second-order valence-corrected chi connectivity index (χ2v) is 9.38. The Balaban J connectivity index is 1.32. The highest BCUT2D eigenvalue weighted by Gasteiger charge is 2.36. The molecule has 4 aromatic rings. The number of pyridine rings is 2. The standard InChI is InChI=1S/C27H27N5O4/c1-15-3-4-16(2)32(15)23-22(24(33)25(23)34)31-21(27(35)36)13-17-5-7-19(8-6-17)30-26-20-14-28-11-9-18(20)10-12-29-26/h5-12,14-16,21,31H,3-4,13H2,1-2H3,(H,29,30)(H,35,36)/t15?,16?,21-/m0/s1. The second-order valence-electron chi connectivity index (χ2n) is 9.38. The Morgan fingerprint density at radius 1 is 1.06 bits per heavy atom. The molecular weight excluding hydrogens is 458 g/mol. The van der Waals surface area contributed by atoms with Crippen LogP contribution in [0.3, 0.4) is 0 Å². The van der Waals surface area contributed by atoms with Crippen molar-refractivity contribution in [1.82, 2.24) is 9.97 Å². The van der Waals surface area contributed by atoms with Crippen LogP contribution in [0.2, 0.25) is 0 Å². The molecule has 3 heterocycles. The zero-order chi connectivity index (χ0) is 25.4. The molecule has 1 aliphatic rings. The molecule has 1 saturated heterocycles. The number of nitrogens with one attached hydrogen (secondary N) is 2. The van der Waals surface area contributed by atoms with Crippen molar-refractivity contribution < 1.29 is 9.90 Å². The summed E-state index contributed by atoms with van der Waals surface area (Å²) in [6.07, 6.45) is 7.20. The Morgan fingerprint density at radius 2 is 1.75 bits per heavy atom. The summed E-state index contributed by atoms with van der Waals surface area (Å²) < 4.78 is 0. The third-order valence-corrected chi connectivity index (χ3v) is 6.94. The number of fused-ring (bicyclic) bond motifs is 1. The summed E-state index contributed by atoms with van der Waals surface area (Å²) in [6.45, 7) is 4.03. The normalized spacial score (nSPS) is 18.4. The molecule has 0 aliphatic carbocycles. The van der Waals surface area contributed by atoms with Crippen LogP contribution in [0.25, 0.3) is 10.8 Å². The van der Waals surface area contributed by atoms with Gasteiger partial charge in [0, 0.05) is 48.2 Å². The van der Waals surface area contributed by atoms with Crippen molar-refractivity contribution in [1.29, 1.82) is 0 Å². The molecule has 184 valence electrons. The van der Waals surface area contributed by atoms with E-state index in [1.165, 1.54) is 0 Å². The van der Waals surface area contributed by atoms with Crippen LogP contribution in [0.1, 0.15) is 32.3 Å². The van der Waals surface area contributed by atoms with Gasteiger partial charge in [-0.2, -0.15) is 0 Å². The van der Waals surface area contributed by atoms with E-state index in [9.17, 15) is 19.5 Å².